The van der Waals surface area contributed by atoms with Crippen molar-refractivity contribution in [1.29, 1.82) is 0 Å². The molecular weight excluding hydrogens is 438 g/mol. The second kappa shape index (κ2) is 9.61. The number of nitrogens with zero attached hydrogens (tertiary/aromatic N) is 5. The minimum Gasteiger partial charge on any atom is -0.444 e. The summed E-state index contributed by atoms with van der Waals surface area (Å²) in [7, 11) is 5.45. The Bertz CT molecular complexity index is 1270. The molecule has 0 spiro atoms. The molecule has 4 heterocycles. The van der Waals surface area contributed by atoms with E-state index in [0.717, 1.165) is 16.5 Å². The molecule has 4 aromatic heterocycles. The van der Waals surface area contributed by atoms with Crippen LogP contribution < -0.4 is 20.3 Å². The van der Waals surface area contributed by atoms with Gasteiger partial charge in [0.05, 0.1) is 11.3 Å². The molecule has 33 heavy (non-hydrogen) atoms. The largest absolute Gasteiger partial charge is 0.444 e. The van der Waals surface area contributed by atoms with Crippen LogP contribution in [-0.2, 0) is 0 Å². The van der Waals surface area contributed by atoms with E-state index in [9.17, 15) is 4.79 Å². The van der Waals surface area contributed by atoms with Gasteiger partial charge in [0.2, 0.25) is 5.06 Å². The number of carbonyl (C=O) groups is 1. The number of carbonyl (C=O) groups excluding carboxylic acids is 1. The van der Waals surface area contributed by atoms with E-state index in [4.69, 9.17) is 9.72 Å². The van der Waals surface area contributed by atoms with Crippen molar-refractivity contribution in [3.8, 4) is 22.2 Å². The van der Waals surface area contributed by atoms with Crippen molar-refractivity contribution >= 4 is 34.0 Å². The molecule has 9 nitrogen and oxygen atoms in total. The number of hydrogen-bond donors (Lipinski definition) is 2. The lowest BCUT2D eigenvalue weighted by molar-refractivity contribution is 0.0963. The molecule has 0 aliphatic heterocycles. The van der Waals surface area contributed by atoms with E-state index in [1.165, 1.54) is 17.5 Å². The zero-order valence-corrected chi connectivity index (χ0v) is 19.5. The summed E-state index contributed by atoms with van der Waals surface area (Å²) in [5, 5.41) is 7.15. The second-order valence-electron chi connectivity index (χ2n) is 7.31. The number of aryl methyl sites for hydroxylation is 1. The Morgan fingerprint density at radius 2 is 1.91 bits per heavy atom. The molecule has 10 heteroatoms. The SMILES string of the molecule is CNC(=O)c1ccc(Nc2cc(Oc3sc(N(C)C)nc3-c3cccc(C)n3)ccn2)nc1. The van der Waals surface area contributed by atoms with Crippen LogP contribution in [0.15, 0.2) is 54.9 Å². The highest BCUT2D eigenvalue weighted by atomic mass is 32.1. The van der Waals surface area contributed by atoms with Crippen LogP contribution in [0, 0.1) is 6.92 Å². The average Bonchev–Trinajstić information content (AvgIpc) is 3.23. The molecule has 2 N–H and O–H groups in total. The molecule has 0 bridgehead atoms. The molecule has 0 aliphatic carbocycles. The van der Waals surface area contributed by atoms with Gasteiger partial charge in [-0.1, -0.05) is 17.4 Å². The van der Waals surface area contributed by atoms with E-state index >= 15 is 0 Å². The first kappa shape index (κ1) is 22.2. The van der Waals surface area contributed by atoms with Gasteiger partial charge in [-0.15, -0.1) is 0 Å². The molecule has 0 saturated heterocycles. The van der Waals surface area contributed by atoms with E-state index in [2.05, 4.69) is 25.6 Å². The van der Waals surface area contributed by atoms with Gasteiger partial charge in [0.1, 0.15) is 23.1 Å². The van der Waals surface area contributed by atoms with E-state index < -0.39 is 0 Å². The third-order valence-electron chi connectivity index (χ3n) is 4.55. The standard InChI is InChI=1S/C23H23N7O2S/c1-14-6-5-7-17(27-14)20-22(33-23(29-20)30(3)4)32-16-10-11-25-19(12-16)28-18-9-8-15(13-26-18)21(31)24-2/h5-13H,1-4H3,(H,24,31)(H,25,26,28). The van der Waals surface area contributed by atoms with Crippen LogP contribution in [0.5, 0.6) is 10.8 Å². The van der Waals surface area contributed by atoms with E-state index in [1.54, 1.807) is 37.5 Å². The maximum atomic E-state index is 11.7. The monoisotopic (exact) mass is 461 g/mol. The Kier molecular flexibility index (Phi) is 6.45. The minimum atomic E-state index is -0.192. The zero-order chi connectivity index (χ0) is 23.4. The highest BCUT2D eigenvalue weighted by Crippen LogP contribution is 2.41. The normalized spacial score (nSPS) is 10.5. The first-order valence-corrected chi connectivity index (χ1v) is 11.0. The van der Waals surface area contributed by atoms with E-state index in [-0.39, 0.29) is 5.91 Å². The Balaban J connectivity index is 1.58. The third-order valence-corrected chi connectivity index (χ3v) is 5.65. The van der Waals surface area contributed by atoms with Gasteiger partial charge in [-0.05, 0) is 37.3 Å². The molecule has 0 fully saturated rings. The molecule has 0 unspecified atom stereocenters. The quantitative estimate of drug-likeness (QED) is 0.421. The minimum absolute atomic E-state index is 0.192. The topological polar surface area (TPSA) is 105 Å². The average molecular weight is 462 g/mol. The van der Waals surface area contributed by atoms with Crippen molar-refractivity contribution in [1.82, 2.24) is 25.3 Å². The number of aromatic nitrogens is 4. The molecule has 4 rings (SSSR count). The summed E-state index contributed by atoms with van der Waals surface area (Å²) in [5.41, 5.74) is 2.82. The van der Waals surface area contributed by atoms with Gasteiger partial charge >= 0.3 is 0 Å². The van der Waals surface area contributed by atoms with Gasteiger partial charge in [0, 0.05) is 45.3 Å². The van der Waals surface area contributed by atoms with E-state index in [1.807, 2.05) is 44.1 Å². The summed E-state index contributed by atoms with van der Waals surface area (Å²) in [5.74, 6) is 1.52. The summed E-state index contributed by atoms with van der Waals surface area (Å²) in [6.45, 7) is 1.94. The Morgan fingerprint density at radius 1 is 1.06 bits per heavy atom. The van der Waals surface area contributed by atoms with Crippen LogP contribution >= 0.6 is 11.3 Å². The second-order valence-corrected chi connectivity index (χ2v) is 8.25. The van der Waals surface area contributed by atoms with Crippen molar-refractivity contribution < 1.29 is 9.53 Å². The molecule has 4 aromatic rings. The summed E-state index contributed by atoms with van der Waals surface area (Å²) in [6.07, 6.45) is 3.15. The fraction of sp³-hybridized carbons (Fsp3) is 0.174. The molecule has 168 valence electrons. The summed E-state index contributed by atoms with van der Waals surface area (Å²) in [6, 6.07) is 12.8. The predicted molar refractivity (Wildman–Crippen MR) is 130 cm³/mol. The number of ether oxygens (including phenoxy) is 1. The van der Waals surface area contributed by atoms with Crippen LogP contribution in [0.25, 0.3) is 11.4 Å². The summed E-state index contributed by atoms with van der Waals surface area (Å²) in [4.78, 5) is 31.5. The van der Waals surface area contributed by atoms with Gasteiger partial charge in [0.25, 0.3) is 5.91 Å². The number of hydrogen-bond acceptors (Lipinski definition) is 9. The Morgan fingerprint density at radius 3 is 2.61 bits per heavy atom. The van der Waals surface area contributed by atoms with Crippen LogP contribution in [0.4, 0.5) is 16.8 Å². The predicted octanol–water partition coefficient (Wildman–Crippen LogP) is 4.27. The van der Waals surface area contributed by atoms with Crippen molar-refractivity contribution in [2.75, 3.05) is 31.4 Å². The van der Waals surface area contributed by atoms with E-state index in [0.29, 0.717) is 33.7 Å². The highest BCUT2D eigenvalue weighted by Gasteiger charge is 2.18. The number of nitrogens with one attached hydrogen (secondary N) is 2. The molecule has 1 amide bonds. The van der Waals surface area contributed by atoms with Crippen molar-refractivity contribution in [2.24, 2.45) is 0 Å². The first-order valence-electron chi connectivity index (χ1n) is 10.1. The lowest BCUT2D eigenvalue weighted by atomic mass is 10.2. The summed E-state index contributed by atoms with van der Waals surface area (Å²) < 4.78 is 6.21. The fourth-order valence-corrected chi connectivity index (χ4v) is 3.79. The summed E-state index contributed by atoms with van der Waals surface area (Å²) >= 11 is 1.44. The van der Waals surface area contributed by atoms with Gasteiger partial charge < -0.3 is 20.3 Å². The van der Waals surface area contributed by atoms with Crippen molar-refractivity contribution in [3.05, 3.63) is 66.1 Å². The lowest BCUT2D eigenvalue weighted by Gasteiger charge is -2.09. The van der Waals surface area contributed by atoms with Crippen LogP contribution in [0.1, 0.15) is 16.1 Å². The lowest BCUT2D eigenvalue weighted by Crippen LogP contribution is -2.17. The van der Waals surface area contributed by atoms with Crippen LogP contribution in [0.2, 0.25) is 0 Å². The molecule has 0 atom stereocenters. The third kappa shape index (κ3) is 5.24. The molecule has 0 aliphatic rings. The Hall–Kier alpha value is -4.05. The maximum absolute atomic E-state index is 11.7. The number of rotatable bonds is 7. The molecular formula is C23H23N7O2S. The van der Waals surface area contributed by atoms with Gasteiger partial charge in [0.15, 0.2) is 5.13 Å². The number of pyridine rings is 3. The number of anilines is 3. The van der Waals surface area contributed by atoms with Gasteiger partial charge in [-0.3, -0.25) is 9.78 Å². The van der Waals surface area contributed by atoms with Crippen LogP contribution in [0.3, 0.4) is 0 Å². The molecule has 0 saturated carbocycles. The highest BCUT2D eigenvalue weighted by molar-refractivity contribution is 7.17. The van der Waals surface area contributed by atoms with Gasteiger partial charge in [-0.2, -0.15) is 0 Å². The molecule has 0 aromatic carbocycles. The molecule has 0 radical (unpaired) electrons. The zero-order valence-electron chi connectivity index (χ0n) is 18.7. The van der Waals surface area contributed by atoms with Crippen molar-refractivity contribution in [3.63, 3.8) is 0 Å². The maximum Gasteiger partial charge on any atom is 0.252 e. The first-order chi connectivity index (χ1) is 15.9. The Labute approximate surface area is 195 Å². The van der Waals surface area contributed by atoms with Crippen molar-refractivity contribution in [2.45, 2.75) is 6.92 Å². The fourth-order valence-electron chi connectivity index (χ4n) is 2.92. The number of amides is 1. The number of thiazole rings is 1. The van der Waals surface area contributed by atoms with Gasteiger partial charge in [-0.25, -0.2) is 15.0 Å². The van der Waals surface area contributed by atoms with Crippen LogP contribution in [-0.4, -0.2) is 47.0 Å². The smallest absolute Gasteiger partial charge is 0.252 e.